The number of methoxy groups -OCH3 is 1. The number of benzene rings is 1. The molecule has 9 heteroatoms. The molecule has 0 amide bonds. The summed E-state index contributed by atoms with van der Waals surface area (Å²) in [5.41, 5.74) is -0.557. The van der Waals surface area contributed by atoms with Crippen LogP contribution in [0.3, 0.4) is 0 Å². The van der Waals surface area contributed by atoms with Gasteiger partial charge in [0.25, 0.3) is 0 Å². The molecule has 0 aromatic heterocycles. The Balaban J connectivity index is 2.17. The summed E-state index contributed by atoms with van der Waals surface area (Å²) < 4.78 is 70.8. The molecule has 1 saturated heterocycles. The highest BCUT2D eigenvalue weighted by Gasteiger charge is 2.35. The lowest BCUT2D eigenvalue weighted by Gasteiger charge is -2.28. The van der Waals surface area contributed by atoms with Gasteiger partial charge in [-0.25, -0.2) is 26.3 Å². The van der Waals surface area contributed by atoms with Crippen LogP contribution in [0.25, 0.3) is 0 Å². The summed E-state index contributed by atoms with van der Waals surface area (Å²) in [4.78, 5) is -0.658. The van der Waals surface area contributed by atoms with E-state index < -0.39 is 37.9 Å². The van der Waals surface area contributed by atoms with E-state index in [0.717, 1.165) is 13.0 Å². The van der Waals surface area contributed by atoms with Gasteiger partial charge in [0.05, 0.1) is 17.0 Å². The molecule has 1 aromatic carbocycles. The molecule has 124 valence electrons. The predicted octanol–water partition coefficient (Wildman–Crippen LogP) is 1.15. The molecule has 1 aliphatic heterocycles. The van der Waals surface area contributed by atoms with Crippen molar-refractivity contribution in [3.05, 3.63) is 29.6 Å². The lowest BCUT2D eigenvalue weighted by molar-refractivity contribution is 0.122. The molecular weight excluding hydrogens is 321 g/mol. The SMILES string of the molecule is COCC1(CNS(=O)(=O)c2cc(F)c(F)c(F)c2)CCCN1. The maximum atomic E-state index is 13.2. The first-order chi connectivity index (χ1) is 10.3. The summed E-state index contributed by atoms with van der Waals surface area (Å²) in [6, 6.07) is 0.900. The molecule has 0 bridgehead atoms. The fourth-order valence-corrected chi connectivity index (χ4v) is 3.62. The van der Waals surface area contributed by atoms with Crippen LogP contribution in [0.15, 0.2) is 17.0 Å². The second kappa shape index (κ2) is 6.53. The van der Waals surface area contributed by atoms with Gasteiger partial charge in [-0.2, -0.15) is 0 Å². The zero-order valence-corrected chi connectivity index (χ0v) is 12.8. The lowest BCUT2D eigenvalue weighted by atomic mass is 9.99. The predicted molar refractivity (Wildman–Crippen MR) is 73.3 cm³/mol. The molecule has 1 aliphatic rings. The van der Waals surface area contributed by atoms with Crippen LogP contribution in [0, 0.1) is 17.5 Å². The van der Waals surface area contributed by atoms with Crippen molar-refractivity contribution in [2.24, 2.45) is 0 Å². The molecule has 0 spiro atoms. The zero-order chi connectivity index (χ0) is 16.4. The third-order valence-corrected chi connectivity index (χ3v) is 5.00. The van der Waals surface area contributed by atoms with Gasteiger partial charge in [-0.1, -0.05) is 0 Å². The van der Waals surface area contributed by atoms with Crippen molar-refractivity contribution in [2.45, 2.75) is 23.3 Å². The lowest BCUT2D eigenvalue weighted by Crippen LogP contribution is -2.52. The van der Waals surface area contributed by atoms with E-state index in [2.05, 4.69) is 10.0 Å². The van der Waals surface area contributed by atoms with E-state index >= 15 is 0 Å². The molecule has 0 saturated carbocycles. The van der Waals surface area contributed by atoms with Crippen molar-refractivity contribution in [3.63, 3.8) is 0 Å². The number of sulfonamides is 1. The molecule has 0 aliphatic carbocycles. The molecule has 1 aromatic rings. The highest BCUT2D eigenvalue weighted by Crippen LogP contribution is 2.21. The smallest absolute Gasteiger partial charge is 0.240 e. The summed E-state index contributed by atoms with van der Waals surface area (Å²) >= 11 is 0. The molecule has 0 radical (unpaired) electrons. The number of hydrogen-bond donors (Lipinski definition) is 2. The van der Waals surface area contributed by atoms with Crippen LogP contribution in [0.4, 0.5) is 13.2 Å². The molecule has 1 heterocycles. The molecular formula is C13H17F3N2O3S. The first-order valence-electron chi connectivity index (χ1n) is 6.68. The Morgan fingerprint density at radius 2 is 1.95 bits per heavy atom. The molecule has 1 atom stereocenters. The Kier molecular flexibility index (Phi) is 5.10. The molecule has 1 fully saturated rings. The molecule has 5 nitrogen and oxygen atoms in total. The molecule has 2 rings (SSSR count). The molecule has 2 N–H and O–H groups in total. The van der Waals surface area contributed by atoms with Crippen molar-refractivity contribution < 1.29 is 26.3 Å². The van der Waals surface area contributed by atoms with E-state index in [-0.39, 0.29) is 6.54 Å². The van der Waals surface area contributed by atoms with Gasteiger partial charge in [-0.15, -0.1) is 0 Å². The van der Waals surface area contributed by atoms with Gasteiger partial charge >= 0.3 is 0 Å². The van der Waals surface area contributed by atoms with Crippen LogP contribution in [0.5, 0.6) is 0 Å². The third-order valence-electron chi connectivity index (χ3n) is 3.62. The highest BCUT2D eigenvalue weighted by molar-refractivity contribution is 7.89. The van der Waals surface area contributed by atoms with E-state index in [1.54, 1.807) is 0 Å². The van der Waals surface area contributed by atoms with Crippen LogP contribution < -0.4 is 10.0 Å². The summed E-state index contributed by atoms with van der Waals surface area (Å²) in [5, 5.41) is 3.17. The number of ether oxygens (including phenoxy) is 1. The van der Waals surface area contributed by atoms with E-state index in [0.29, 0.717) is 25.2 Å². The summed E-state index contributed by atoms with van der Waals surface area (Å²) in [5.74, 6) is -4.80. The van der Waals surface area contributed by atoms with Crippen molar-refractivity contribution in [2.75, 3.05) is 26.8 Å². The van der Waals surface area contributed by atoms with E-state index in [9.17, 15) is 21.6 Å². The fourth-order valence-electron chi connectivity index (χ4n) is 2.47. The maximum absolute atomic E-state index is 13.2. The Morgan fingerprint density at radius 3 is 2.45 bits per heavy atom. The van der Waals surface area contributed by atoms with Crippen LogP contribution in [0.2, 0.25) is 0 Å². The van der Waals surface area contributed by atoms with Crippen molar-refractivity contribution in [1.29, 1.82) is 0 Å². The number of halogens is 3. The van der Waals surface area contributed by atoms with Gasteiger partial charge in [0.2, 0.25) is 10.0 Å². The Hall–Kier alpha value is -1.16. The average molecular weight is 338 g/mol. The zero-order valence-electron chi connectivity index (χ0n) is 12.0. The second-order valence-corrected chi connectivity index (χ2v) is 7.04. The minimum Gasteiger partial charge on any atom is -0.383 e. The van der Waals surface area contributed by atoms with E-state index in [1.165, 1.54) is 7.11 Å². The van der Waals surface area contributed by atoms with Gasteiger partial charge in [-0.3, -0.25) is 0 Å². The summed E-state index contributed by atoms with van der Waals surface area (Å²) in [7, 11) is -2.66. The number of hydrogen-bond acceptors (Lipinski definition) is 4. The van der Waals surface area contributed by atoms with Crippen LogP contribution in [0.1, 0.15) is 12.8 Å². The fraction of sp³-hybridized carbons (Fsp3) is 0.538. The topological polar surface area (TPSA) is 67.4 Å². The quantitative estimate of drug-likeness (QED) is 0.764. The monoisotopic (exact) mass is 338 g/mol. The Morgan fingerprint density at radius 1 is 1.32 bits per heavy atom. The number of rotatable bonds is 6. The van der Waals surface area contributed by atoms with Crippen molar-refractivity contribution in [1.82, 2.24) is 10.0 Å². The van der Waals surface area contributed by atoms with E-state index in [1.807, 2.05) is 0 Å². The Bertz CT molecular complexity index is 623. The summed E-state index contributed by atoms with van der Waals surface area (Å²) in [6.07, 6.45) is 1.57. The molecule has 22 heavy (non-hydrogen) atoms. The average Bonchev–Trinajstić information content (AvgIpc) is 2.92. The van der Waals surface area contributed by atoms with Crippen LogP contribution in [-0.4, -0.2) is 40.8 Å². The van der Waals surface area contributed by atoms with E-state index in [4.69, 9.17) is 4.74 Å². The van der Waals surface area contributed by atoms with Gasteiger partial charge in [0.1, 0.15) is 0 Å². The first kappa shape index (κ1) is 17.2. The van der Waals surface area contributed by atoms with Gasteiger partial charge in [0, 0.05) is 13.7 Å². The minimum absolute atomic E-state index is 0.00376. The van der Waals surface area contributed by atoms with Gasteiger partial charge in [0.15, 0.2) is 17.5 Å². The van der Waals surface area contributed by atoms with Crippen molar-refractivity contribution in [3.8, 4) is 0 Å². The second-order valence-electron chi connectivity index (χ2n) is 5.27. The highest BCUT2D eigenvalue weighted by atomic mass is 32.2. The largest absolute Gasteiger partial charge is 0.383 e. The van der Waals surface area contributed by atoms with Crippen LogP contribution >= 0.6 is 0 Å². The van der Waals surface area contributed by atoms with Crippen LogP contribution in [-0.2, 0) is 14.8 Å². The van der Waals surface area contributed by atoms with Gasteiger partial charge in [-0.05, 0) is 31.5 Å². The summed E-state index contributed by atoms with van der Waals surface area (Å²) in [6.45, 7) is 1.02. The normalized spacial score (nSPS) is 22.2. The van der Waals surface area contributed by atoms with Crippen molar-refractivity contribution >= 4 is 10.0 Å². The molecule has 1 unspecified atom stereocenters. The number of nitrogens with one attached hydrogen (secondary N) is 2. The third kappa shape index (κ3) is 3.60. The first-order valence-corrected chi connectivity index (χ1v) is 8.16. The standard InChI is InChI=1S/C13H17F3N2O3S/c1-21-8-13(3-2-4-17-13)7-18-22(19,20)9-5-10(14)12(16)11(15)6-9/h5-6,17-18H,2-4,7-8H2,1H3. The van der Waals surface area contributed by atoms with Gasteiger partial charge < -0.3 is 10.1 Å². The Labute approximate surface area is 126 Å². The maximum Gasteiger partial charge on any atom is 0.240 e. The minimum atomic E-state index is -4.16.